The third-order valence-corrected chi connectivity index (χ3v) is 5.08. The average Bonchev–Trinajstić information content (AvgIpc) is 2.39. The molecule has 0 aliphatic heterocycles. The van der Waals surface area contributed by atoms with E-state index in [1.165, 1.54) is 23.9 Å². The molecule has 106 valence electrons. The van der Waals surface area contributed by atoms with Crippen molar-refractivity contribution in [3.05, 3.63) is 64.1 Å². The van der Waals surface area contributed by atoms with Gasteiger partial charge in [0.2, 0.25) is 0 Å². The third-order valence-electron chi connectivity index (χ3n) is 2.84. The van der Waals surface area contributed by atoms with E-state index in [1.807, 2.05) is 31.2 Å². The van der Waals surface area contributed by atoms with Gasteiger partial charge in [0.15, 0.2) is 0 Å². The minimum Gasteiger partial charge on any atom is -0.327 e. The minimum absolute atomic E-state index is 0.120. The van der Waals surface area contributed by atoms with Gasteiger partial charge in [-0.1, -0.05) is 34.1 Å². The molecule has 0 aliphatic carbocycles. The van der Waals surface area contributed by atoms with Gasteiger partial charge < -0.3 is 5.73 Å². The highest BCUT2D eigenvalue weighted by Crippen LogP contribution is 2.41. The van der Waals surface area contributed by atoms with Crippen LogP contribution in [0, 0.1) is 11.6 Å². The molecule has 2 rings (SSSR count). The molecule has 2 unspecified atom stereocenters. The Hall–Kier alpha value is -0.910. The highest BCUT2D eigenvalue weighted by Gasteiger charge is 2.21. The number of rotatable bonds is 4. The lowest BCUT2D eigenvalue weighted by Gasteiger charge is -2.22. The standard InChI is InChI=1S/C15H14BrF2NS/c1-9(19)15(11-4-2-3-5-12(11)16)20-14-7-6-10(17)8-13(14)18/h2-9,15H,19H2,1H3. The van der Waals surface area contributed by atoms with Crippen molar-refractivity contribution in [1.82, 2.24) is 0 Å². The Morgan fingerprint density at radius 3 is 2.45 bits per heavy atom. The van der Waals surface area contributed by atoms with E-state index in [2.05, 4.69) is 15.9 Å². The van der Waals surface area contributed by atoms with Crippen molar-refractivity contribution in [3.63, 3.8) is 0 Å². The lowest BCUT2D eigenvalue weighted by atomic mass is 10.1. The number of hydrogen-bond donors (Lipinski definition) is 1. The first-order valence-corrected chi connectivity index (χ1v) is 7.78. The maximum atomic E-state index is 13.8. The van der Waals surface area contributed by atoms with E-state index in [0.29, 0.717) is 4.90 Å². The van der Waals surface area contributed by atoms with Crippen LogP contribution in [0.5, 0.6) is 0 Å². The molecule has 20 heavy (non-hydrogen) atoms. The lowest BCUT2D eigenvalue weighted by Crippen LogP contribution is -2.23. The Morgan fingerprint density at radius 1 is 1.15 bits per heavy atom. The molecule has 0 aromatic heterocycles. The molecule has 0 spiro atoms. The molecular formula is C15H14BrF2NS. The summed E-state index contributed by atoms with van der Waals surface area (Å²) in [5, 5.41) is -0.120. The van der Waals surface area contributed by atoms with Crippen LogP contribution in [0.2, 0.25) is 0 Å². The fourth-order valence-electron chi connectivity index (χ4n) is 1.87. The first-order chi connectivity index (χ1) is 9.49. The van der Waals surface area contributed by atoms with Crippen LogP contribution in [0.3, 0.4) is 0 Å². The lowest BCUT2D eigenvalue weighted by molar-refractivity contribution is 0.565. The van der Waals surface area contributed by atoms with Crippen LogP contribution in [0.4, 0.5) is 8.78 Å². The van der Waals surface area contributed by atoms with Gasteiger partial charge >= 0.3 is 0 Å². The van der Waals surface area contributed by atoms with Crippen molar-refractivity contribution in [3.8, 4) is 0 Å². The van der Waals surface area contributed by atoms with Gasteiger partial charge in [-0.3, -0.25) is 0 Å². The van der Waals surface area contributed by atoms with E-state index in [0.717, 1.165) is 16.1 Å². The maximum Gasteiger partial charge on any atom is 0.139 e. The van der Waals surface area contributed by atoms with Crippen LogP contribution in [-0.2, 0) is 0 Å². The second-order valence-electron chi connectivity index (χ2n) is 4.49. The molecule has 0 aliphatic rings. The van der Waals surface area contributed by atoms with E-state index in [-0.39, 0.29) is 11.3 Å². The summed E-state index contributed by atoms with van der Waals surface area (Å²) in [6.07, 6.45) is 0. The van der Waals surface area contributed by atoms with Crippen LogP contribution in [0.25, 0.3) is 0 Å². The summed E-state index contributed by atoms with van der Waals surface area (Å²) >= 11 is 4.79. The van der Waals surface area contributed by atoms with E-state index in [1.54, 1.807) is 0 Å². The van der Waals surface area contributed by atoms with Crippen molar-refractivity contribution in [2.75, 3.05) is 0 Å². The molecule has 2 atom stereocenters. The smallest absolute Gasteiger partial charge is 0.139 e. The SMILES string of the molecule is CC(N)C(Sc1ccc(F)cc1F)c1ccccc1Br. The fraction of sp³-hybridized carbons (Fsp3) is 0.200. The van der Waals surface area contributed by atoms with Crippen LogP contribution >= 0.6 is 27.7 Å². The van der Waals surface area contributed by atoms with Gasteiger partial charge in [0.05, 0.1) is 5.25 Å². The molecule has 2 aromatic rings. The van der Waals surface area contributed by atoms with Crippen molar-refractivity contribution in [2.45, 2.75) is 23.1 Å². The summed E-state index contributed by atoms with van der Waals surface area (Å²) in [6, 6.07) is 11.1. The van der Waals surface area contributed by atoms with Gasteiger partial charge in [-0.05, 0) is 30.7 Å². The van der Waals surface area contributed by atoms with Crippen LogP contribution in [0.1, 0.15) is 17.7 Å². The van der Waals surface area contributed by atoms with Gasteiger partial charge in [-0.15, -0.1) is 11.8 Å². The van der Waals surface area contributed by atoms with Gasteiger partial charge in [0.25, 0.3) is 0 Å². The van der Waals surface area contributed by atoms with E-state index in [4.69, 9.17) is 5.73 Å². The van der Waals surface area contributed by atoms with Gasteiger partial charge in [-0.2, -0.15) is 0 Å². The number of thioether (sulfide) groups is 1. The number of benzene rings is 2. The predicted molar refractivity (Wildman–Crippen MR) is 82.7 cm³/mol. The summed E-state index contributed by atoms with van der Waals surface area (Å²) in [5.41, 5.74) is 7.02. The molecule has 0 amide bonds. The molecule has 5 heteroatoms. The monoisotopic (exact) mass is 357 g/mol. The summed E-state index contributed by atoms with van der Waals surface area (Å²) in [7, 11) is 0. The first-order valence-electron chi connectivity index (χ1n) is 6.10. The van der Waals surface area contributed by atoms with E-state index in [9.17, 15) is 8.78 Å². The van der Waals surface area contributed by atoms with E-state index >= 15 is 0 Å². The zero-order chi connectivity index (χ0) is 14.7. The Labute approximate surface area is 129 Å². The van der Waals surface area contributed by atoms with Crippen molar-refractivity contribution < 1.29 is 8.78 Å². The fourth-order valence-corrected chi connectivity index (χ4v) is 3.69. The topological polar surface area (TPSA) is 26.0 Å². The zero-order valence-electron chi connectivity index (χ0n) is 10.8. The molecule has 2 aromatic carbocycles. The summed E-state index contributed by atoms with van der Waals surface area (Å²) < 4.78 is 27.7. The molecule has 0 saturated heterocycles. The van der Waals surface area contributed by atoms with E-state index < -0.39 is 11.6 Å². The van der Waals surface area contributed by atoms with Gasteiger partial charge in [0.1, 0.15) is 11.6 Å². The minimum atomic E-state index is -0.579. The quantitative estimate of drug-likeness (QED) is 0.786. The molecule has 0 bridgehead atoms. The van der Waals surface area contributed by atoms with Crippen molar-refractivity contribution in [2.24, 2.45) is 5.73 Å². The Morgan fingerprint density at radius 2 is 1.85 bits per heavy atom. The van der Waals surface area contributed by atoms with Crippen molar-refractivity contribution >= 4 is 27.7 Å². The number of nitrogens with two attached hydrogens (primary N) is 1. The first kappa shape index (κ1) is 15.5. The summed E-state index contributed by atoms with van der Waals surface area (Å²) in [5.74, 6) is -1.14. The molecule has 2 N–H and O–H groups in total. The predicted octanol–water partition coefficient (Wildman–Crippen LogP) is 4.91. The molecule has 0 radical (unpaired) electrons. The third kappa shape index (κ3) is 3.59. The molecule has 0 fully saturated rings. The molecule has 0 saturated carbocycles. The highest BCUT2D eigenvalue weighted by atomic mass is 79.9. The second-order valence-corrected chi connectivity index (χ2v) is 6.53. The number of hydrogen-bond acceptors (Lipinski definition) is 2. The second kappa shape index (κ2) is 6.70. The maximum absolute atomic E-state index is 13.8. The Kier molecular flexibility index (Phi) is 5.18. The van der Waals surface area contributed by atoms with Gasteiger partial charge in [0, 0.05) is 21.5 Å². The molecular weight excluding hydrogens is 344 g/mol. The average molecular weight is 358 g/mol. The number of halogens is 3. The molecule has 0 heterocycles. The van der Waals surface area contributed by atoms with Crippen LogP contribution in [0.15, 0.2) is 51.8 Å². The molecule has 1 nitrogen and oxygen atoms in total. The van der Waals surface area contributed by atoms with Gasteiger partial charge in [-0.25, -0.2) is 8.78 Å². The Bertz CT molecular complexity index is 604. The summed E-state index contributed by atoms with van der Waals surface area (Å²) in [4.78, 5) is 0.393. The van der Waals surface area contributed by atoms with Crippen LogP contribution in [-0.4, -0.2) is 6.04 Å². The van der Waals surface area contributed by atoms with Crippen LogP contribution < -0.4 is 5.73 Å². The van der Waals surface area contributed by atoms with Crippen molar-refractivity contribution in [1.29, 1.82) is 0 Å². The highest BCUT2D eigenvalue weighted by molar-refractivity contribution is 9.10. The zero-order valence-corrected chi connectivity index (χ0v) is 13.2. The largest absolute Gasteiger partial charge is 0.327 e. The Balaban J connectivity index is 2.33. The normalized spacial score (nSPS) is 14.1. The summed E-state index contributed by atoms with van der Waals surface area (Å²) in [6.45, 7) is 1.87.